The smallest absolute Gasteiger partial charge is 0.177 e. The summed E-state index contributed by atoms with van der Waals surface area (Å²) in [7, 11) is 0. The lowest BCUT2D eigenvalue weighted by molar-refractivity contribution is 0.0995. The number of carbonyl (C=O) groups is 1. The lowest BCUT2D eigenvalue weighted by Crippen LogP contribution is -2.03. The Bertz CT molecular complexity index is 542. The molecule has 0 bridgehead atoms. The highest BCUT2D eigenvalue weighted by molar-refractivity contribution is 7.14. The minimum Gasteiger partial charge on any atom is -0.293 e. The van der Waals surface area contributed by atoms with Crippen LogP contribution in [0.1, 0.15) is 20.1 Å². The van der Waals surface area contributed by atoms with Crippen LogP contribution in [0.2, 0.25) is 5.02 Å². The van der Waals surface area contributed by atoms with Gasteiger partial charge >= 0.3 is 0 Å². The van der Waals surface area contributed by atoms with Crippen LogP contribution in [0.4, 0.5) is 4.39 Å². The average Bonchev–Trinajstić information content (AvgIpc) is 2.70. The average molecular weight is 269 g/mol. The number of carbonyl (C=O) groups excluding carboxylic acids is 1. The number of ketones is 1. The van der Waals surface area contributed by atoms with Gasteiger partial charge in [0.2, 0.25) is 0 Å². The SMILES string of the molecule is Cc1ccc(C(=O)Cc2c(F)cccc2Cl)s1. The number of Topliss-reactive ketones (excluding diaryl/α,β-unsaturated/α-hetero) is 1. The Kier molecular flexibility index (Phi) is 3.60. The van der Waals surface area contributed by atoms with Crippen LogP contribution in [0, 0.1) is 12.7 Å². The first-order valence-corrected chi connectivity index (χ1v) is 6.30. The predicted molar refractivity (Wildman–Crippen MR) is 68.5 cm³/mol. The molecule has 1 aromatic heterocycles. The van der Waals surface area contributed by atoms with Gasteiger partial charge in [-0.25, -0.2) is 4.39 Å². The van der Waals surface area contributed by atoms with E-state index in [-0.39, 0.29) is 17.8 Å². The molecular formula is C13H10ClFOS. The van der Waals surface area contributed by atoms with Crippen molar-refractivity contribution < 1.29 is 9.18 Å². The largest absolute Gasteiger partial charge is 0.293 e. The van der Waals surface area contributed by atoms with E-state index in [9.17, 15) is 9.18 Å². The van der Waals surface area contributed by atoms with Crippen LogP contribution in [-0.4, -0.2) is 5.78 Å². The second kappa shape index (κ2) is 4.98. The summed E-state index contributed by atoms with van der Waals surface area (Å²) in [5.41, 5.74) is 0.269. The van der Waals surface area contributed by atoms with Crippen molar-refractivity contribution in [2.24, 2.45) is 0 Å². The molecule has 0 aliphatic heterocycles. The summed E-state index contributed by atoms with van der Waals surface area (Å²) in [6, 6.07) is 8.07. The van der Waals surface area contributed by atoms with E-state index in [2.05, 4.69) is 0 Å². The molecule has 0 spiro atoms. The van der Waals surface area contributed by atoms with E-state index in [0.29, 0.717) is 9.90 Å². The van der Waals surface area contributed by atoms with E-state index in [1.165, 1.54) is 23.5 Å². The van der Waals surface area contributed by atoms with Crippen LogP contribution in [0.5, 0.6) is 0 Å². The molecule has 0 radical (unpaired) electrons. The van der Waals surface area contributed by atoms with Crippen LogP contribution in [0.25, 0.3) is 0 Å². The molecule has 4 heteroatoms. The standard InChI is InChI=1S/C13H10ClFOS/c1-8-5-6-13(17-8)12(16)7-9-10(14)3-2-4-11(9)15/h2-6H,7H2,1H3. The molecule has 0 atom stereocenters. The molecule has 0 aliphatic rings. The Morgan fingerprint density at radius 3 is 2.71 bits per heavy atom. The highest BCUT2D eigenvalue weighted by Crippen LogP contribution is 2.23. The third kappa shape index (κ3) is 2.73. The van der Waals surface area contributed by atoms with Crippen molar-refractivity contribution in [3.63, 3.8) is 0 Å². The molecule has 0 saturated carbocycles. The Morgan fingerprint density at radius 1 is 1.35 bits per heavy atom. The van der Waals surface area contributed by atoms with Crippen LogP contribution in [0.15, 0.2) is 30.3 Å². The molecule has 1 nitrogen and oxygen atoms in total. The first kappa shape index (κ1) is 12.3. The number of halogens is 2. The number of rotatable bonds is 3. The quantitative estimate of drug-likeness (QED) is 0.760. The fourth-order valence-electron chi connectivity index (χ4n) is 1.53. The lowest BCUT2D eigenvalue weighted by atomic mass is 10.1. The highest BCUT2D eigenvalue weighted by atomic mass is 35.5. The molecule has 0 aliphatic carbocycles. The monoisotopic (exact) mass is 268 g/mol. The Labute approximate surface area is 108 Å². The zero-order valence-corrected chi connectivity index (χ0v) is 10.7. The van der Waals surface area contributed by atoms with Crippen molar-refractivity contribution in [2.75, 3.05) is 0 Å². The molecule has 0 fully saturated rings. The molecule has 1 aromatic carbocycles. The van der Waals surface area contributed by atoms with E-state index < -0.39 is 5.82 Å². The van der Waals surface area contributed by atoms with E-state index in [1.54, 1.807) is 12.1 Å². The summed E-state index contributed by atoms with van der Waals surface area (Å²) in [4.78, 5) is 13.6. The molecule has 0 unspecified atom stereocenters. The molecule has 1 heterocycles. The molecule has 2 aromatic rings. The van der Waals surface area contributed by atoms with Gasteiger partial charge in [0.05, 0.1) is 4.88 Å². The molecule has 88 valence electrons. The molecule has 17 heavy (non-hydrogen) atoms. The van der Waals surface area contributed by atoms with Crippen molar-refractivity contribution in [2.45, 2.75) is 13.3 Å². The van der Waals surface area contributed by atoms with Gasteiger partial charge < -0.3 is 0 Å². The van der Waals surface area contributed by atoms with Gasteiger partial charge in [-0.2, -0.15) is 0 Å². The van der Waals surface area contributed by atoms with E-state index in [0.717, 1.165) is 4.88 Å². The summed E-state index contributed by atoms with van der Waals surface area (Å²) in [6.45, 7) is 1.93. The van der Waals surface area contributed by atoms with Crippen molar-refractivity contribution in [3.8, 4) is 0 Å². The zero-order valence-electron chi connectivity index (χ0n) is 9.17. The Balaban J connectivity index is 2.24. The van der Waals surface area contributed by atoms with Crippen LogP contribution in [0.3, 0.4) is 0 Å². The van der Waals surface area contributed by atoms with Gasteiger partial charge in [0.25, 0.3) is 0 Å². The number of benzene rings is 1. The van der Waals surface area contributed by atoms with Crippen LogP contribution in [-0.2, 0) is 6.42 Å². The topological polar surface area (TPSA) is 17.1 Å². The maximum atomic E-state index is 13.5. The van der Waals surface area contributed by atoms with E-state index >= 15 is 0 Å². The Hall–Kier alpha value is -1.19. The zero-order chi connectivity index (χ0) is 12.4. The summed E-state index contributed by atoms with van der Waals surface area (Å²) >= 11 is 7.29. The van der Waals surface area contributed by atoms with Gasteiger partial charge in [0, 0.05) is 21.9 Å². The van der Waals surface area contributed by atoms with Crippen molar-refractivity contribution in [3.05, 3.63) is 56.5 Å². The third-order valence-electron chi connectivity index (χ3n) is 2.41. The maximum absolute atomic E-state index is 13.5. The van der Waals surface area contributed by atoms with Crippen LogP contribution >= 0.6 is 22.9 Å². The number of hydrogen-bond donors (Lipinski definition) is 0. The van der Waals surface area contributed by atoms with Gasteiger partial charge in [0.15, 0.2) is 5.78 Å². The van der Waals surface area contributed by atoms with Gasteiger partial charge in [0.1, 0.15) is 5.82 Å². The van der Waals surface area contributed by atoms with E-state index in [1.807, 2.05) is 13.0 Å². The lowest BCUT2D eigenvalue weighted by Gasteiger charge is -2.03. The molecule has 0 N–H and O–H groups in total. The second-order valence-electron chi connectivity index (χ2n) is 3.71. The fourth-order valence-corrected chi connectivity index (χ4v) is 2.57. The summed E-state index contributed by atoms with van der Waals surface area (Å²) in [6.07, 6.45) is 0.00542. The molecule has 0 amide bonds. The second-order valence-corrected chi connectivity index (χ2v) is 5.41. The van der Waals surface area contributed by atoms with E-state index in [4.69, 9.17) is 11.6 Å². The highest BCUT2D eigenvalue weighted by Gasteiger charge is 2.14. The van der Waals surface area contributed by atoms with Crippen LogP contribution < -0.4 is 0 Å². The minimum atomic E-state index is -0.431. The predicted octanol–water partition coefficient (Wildman–Crippen LogP) is 4.27. The maximum Gasteiger partial charge on any atom is 0.177 e. The first-order chi connectivity index (χ1) is 8.08. The molecular weight excluding hydrogens is 259 g/mol. The fraction of sp³-hybridized carbons (Fsp3) is 0.154. The summed E-state index contributed by atoms with van der Waals surface area (Å²) < 4.78 is 13.5. The van der Waals surface area contributed by atoms with Gasteiger partial charge in [-0.3, -0.25) is 4.79 Å². The van der Waals surface area contributed by atoms with Crippen molar-refractivity contribution in [1.82, 2.24) is 0 Å². The number of thiophene rings is 1. The van der Waals surface area contributed by atoms with Crippen molar-refractivity contribution >= 4 is 28.7 Å². The summed E-state index contributed by atoms with van der Waals surface area (Å²) in [5, 5.41) is 0.298. The minimum absolute atomic E-state index is 0.00542. The molecule has 0 saturated heterocycles. The molecule has 2 rings (SSSR count). The Morgan fingerprint density at radius 2 is 2.12 bits per heavy atom. The van der Waals surface area contributed by atoms with Gasteiger partial charge in [-0.1, -0.05) is 17.7 Å². The summed E-state index contributed by atoms with van der Waals surface area (Å²) in [5.74, 6) is -0.533. The van der Waals surface area contributed by atoms with Gasteiger partial charge in [-0.05, 0) is 31.2 Å². The normalized spacial score (nSPS) is 10.5. The first-order valence-electron chi connectivity index (χ1n) is 5.10. The van der Waals surface area contributed by atoms with Crippen molar-refractivity contribution in [1.29, 1.82) is 0 Å². The number of hydrogen-bond acceptors (Lipinski definition) is 2. The third-order valence-corrected chi connectivity index (χ3v) is 3.81. The number of aryl methyl sites for hydroxylation is 1. The van der Waals surface area contributed by atoms with Gasteiger partial charge in [-0.15, -0.1) is 11.3 Å².